The number of ether oxygens (including phenoxy) is 1. The number of hydrogen-bond donors (Lipinski definition) is 2. The van der Waals surface area contributed by atoms with Crippen molar-refractivity contribution in [2.75, 3.05) is 37.7 Å². The van der Waals surface area contributed by atoms with Gasteiger partial charge in [-0.25, -0.2) is 0 Å². The molecule has 0 aromatic heterocycles. The van der Waals surface area contributed by atoms with E-state index in [-0.39, 0.29) is 17.7 Å². The SMILES string of the molecule is CC(C)(C)CNCC(O)COc1cc([N+](=O)[O-])ccc1N1CCCC1. The van der Waals surface area contributed by atoms with Crippen molar-refractivity contribution in [3.8, 4) is 5.75 Å². The molecule has 1 heterocycles. The monoisotopic (exact) mass is 351 g/mol. The van der Waals surface area contributed by atoms with Crippen molar-refractivity contribution >= 4 is 11.4 Å². The molecule has 0 aliphatic carbocycles. The summed E-state index contributed by atoms with van der Waals surface area (Å²) in [6.07, 6.45) is 1.54. The van der Waals surface area contributed by atoms with Gasteiger partial charge >= 0.3 is 0 Å². The van der Waals surface area contributed by atoms with Crippen LogP contribution in [-0.2, 0) is 0 Å². The zero-order valence-electron chi connectivity index (χ0n) is 15.3. The minimum Gasteiger partial charge on any atom is -0.488 e. The standard InChI is InChI=1S/C18H29N3O4/c1-18(2,3)13-19-11-15(22)12-25-17-10-14(21(23)24)6-7-16(17)20-8-4-5-9-20/h6-7,10,15,19,22H,4-5,8-9,11-13H2,1-3H3. The van der Waals surface area contributed by atoms with Gasteiger partial charge in [-0.05, 0) is 24.3 Å². The Morgan fingerprint density at radius 3 is 2.64 bits per heavy atom. The van der Waals surface area contributed by atoms with Crippen LogP contribution in [0.5, 0.6) is 5.75 Å². The third-order valence-corrected chi connectivity index (χ3v) is 4.07. The third-order valence-electron chi connectivity index (χ3n) is 4.07. The third kappa shape index (κ3) is 6.17. The van der Waals surface area contributed by atoms with Crippen LogP contribution in [0, 0.1) is 15.5 Å². The number of nitrogens with zero attached hydrogens (tertiary/aromatic N) is 2. The maximum atomic E-state index is 11.0. The van der Waals surface area contributed by atoms with Gasteiger partial charge in [-0.2, -0.15) is 0 Å². The van der Waals surface area contributed by atoms with E-state index in [1.807, 2.05) is 0 Å². The molecule has 1 unspecified atom stereocenters. The molecular weight excluding hydrogens is 322 g/mol. The highest BCUT2D eigenvalue weighted by Gasteiger charge is 2.20. The van der Waals surface area contributed by atoms with E-state index in [1.165, 1.54) is 12.1 Å². The lowest BCUT2D eigenvalue weighted by Crippen LogP contribution is -2.36. The molecule has 0 spiro atoms. The summed E-state index contributed by atoms with van der Waals surface area (Å²) in [4.78, 5) is 12.8. The summed E-state index contributed by atoms with van der Waals surface area (Å²) < 4.78 is 5.75. The van der Waals surface area contributed by atoms with Gasteiger partial charge in [-0.1, -0.05) is 20.8 Å². The smallest absolute Gasteiger partial charge is 0.273 e. The quantitative estimate of drug-likeness (QED) is 0.553. The lowest BCUT2D eigenvalue weighted by Gasteiger charge is -2.23. The predicted molar refractivity (Wildman–Crippen MR) is 98.4 cm³/mol. The highest BCUT2D eigenvalue weighted by molar-refractivity contribution is 5.62. The summed E-state index contributed by atoms with van der Waals surface area (Å²) in [5, 5.41) is 24.4. The van der Waals surface area contributed by atoms with E-state index < -0.39 is 11.0 Å². The van der Waals surface area contributed by atoms with Gasteiger partial charge in [-0.15, -0.1) is 0 Å². The normalized spacial score (nSPS) is 16.1. The largest absolute Gasteiger partial charge is 0.488 e. The van der Waals surface area contributed by atoms with Gasteiger partial charge < -0.3 is 20.1 Å². The molecule has 7 nitrogen and oxygen atoms in total. The van der Waals surface area contributed by atoms with Gasteiger partial charge in [0, 0.05) is 32.2 Å². The summed E-state index contributed by atoms with van der Waals surface area (Å²) in [5.41, 5.74) is 1.00. The van der Waals surface area contributed by atoms with Crippen molar-refractivity contribution in [1.82, 2.24) is 5.32 Å². The molecule has 140 valence electrons. The molecule has 0 saturated carbocycles. The summed E-state index contributed by atoms with van der Waals surface area (Å²) in [7, 11) is 0. The minimum absolute atomic E-state index is 0.00158. The predicted octanol–water partition coefficient (Wildman–Crippen LogP) is 2.57. The Morgan fingerprint density at radius 1 is 1.36 bits per heavy atom. The first-order chi connectivity index (χ1) is 11.8. The second kappa shape index (κ2) is 8.49. The van der Waals surface area contributed by atoms with Crippen LogP contribution in [-0.4, -0.2) is 48.9 Å². The number of aliphatic hydroxyl groups is 1. The fourth-order valence-corrected chi connectivity index (χ4v) is 2.81. The molecule has 1 aliphatic heterocycles. The van der Waals surface area contributed by atoms with Crippen LogP contribution in [0.3, 0.4) is 0 Å². The Balaban J connectivity index is 1.98. The first-order valence-electron chi connectivity index (χ1n) is 8.81. The fourth-order valence-electron chi connectivity index (χ4n) is 2.81. The molecule has 1 aliphatic rings. The van der Waals surface area contributed by atoms with Gasteiger partial charge in [0.25, 0.3) is 5.69 Å². The van der Waals surface area contributed by atoms with Crippen LogP contribution in [0.4, 0.5) is 11.4 Å². The molecule has 0 radical (unpaired) electrons. The van der Waals surface area contributed by atoms with Crippen molar-refractivity contribution < 1.29 is 14.8 Å². The van der Waals surface area contributed by atoms with Crippen LogP contribution < -0.4 is 15.0 Å². The van der Waals surface area contributed by atoms with Gasteiger partial charge in [0.1, 0.15) is 18.5 Å². The zero-order valence-corrected chi connectivity index (χ0v) is 15.3. The highest BCUT2D eigenvalue weighted by atomic mass is 16.6. The number of nitro benzene ring substituents is 1. The van der Waals surface area contributed by atoms with Crippen LogP contribution in [0.2, 0.25) is 0 Å². The molecule has 2 rings (SSSR count). The Labute approximate surface area is 149 Å². The molecule has 0 amide bonds. The lowest BCUT2D eigenvalue weighted by atomic mass is 9.97. The topological polar surface area (TPSA) is 87.9 Å². The molecule has 2 N–H and O–H groups in total. The molecular formula is C18H29N3O4. The molecule has 1 atom stereocenters. The van der Waals surface area contributed by atoms with Crippen molar-refractivity contribution in [3.63, 3.8) is 0 Å². The average Bonchev–Trinajstić information content (AvgIpc) is 3.05. The van der Waals surface area contributed by atoms with Crippen molar-refractivity contribution in [2.45, 2.75) is 39.7 Å². The average molecular weight is 351 g/mol. The first kappa shape index (κ1) is 19.5. The molecule has 25 heavy (non-hydrogen) atoms. The van der Waals surface area contributed by atoms with E-state index in [0.717, 1.165) is 38.2 Å². The Kier molecular flexibility index (Phi) is 6.61. The Morgan fingerprint density at radius 2 is 2.04 bits per heavy atom. The summed E-state index contributed by atoms with van der Waals surface area (Å²) in [5.74, 6) is 0.464. The van der Waals surface area contributed by atoms with E-state index in [1.54, 1.807) is 6.07 Å². The summed E-state index contributed by atoms with van der Waals surface area (Å²) in [6, 6.07) is 4.69. The highest BCUT2D eigenvalue weighted by Crippen LogP contribution is 2.34. The Hall–Kier alpha value is -1.86. The second-order valence-electron chi connectivity index (χ2n) is 7.76. The molecule has 1 aromatic rings. The number of nitro groups is 1. The first-order valence-corrected chi connectivity index (χ1v) is 8.81. The number of anilines is 1. The zero-order chi connectivity index (χ0) is 18.4. The molecule has 1 fully saturated rings. The van der Waals surface area contributed by atoms with E-state index in [4.69, 9.17) is 4.74 Å². The van der Waals surface area contributed by atoms with Crippen LogP contribution in [0.15, 0.2) is 18.2 Å². The fraction of sp³-hybridized carbons (Fsp3) is 0.667. The Bertz CT molecular complexity index is 580. The van der Waals surface area contributed by atoms with Crippen molar-refractivity contribution in [1.29, 1.82) is 0 Å². The van der Waals surface area contributed by atoms with Gasteiger partial charge in [0.2, 0.25) is 0 Å². The van der Waals surface area contributed by atoms with E-state index >= 15 is 0 Å². The van der Waals surface area contributed by atoms with Crippen LogP contribution in [0.1, 0.15) is 33.6 Å². The second-order valence-corrected chi connectivity index (χ2v) is 7.76. The number of hydrogen-bond acceptors (Lipinski definition) is 6. The number of nitrogens with one attached hydrogen (secondary N) is 1. The van der Waals surface area contributed by atoms with E-state index in [2.05, 4.69) is 31.0 Å². The maximum absolute atomic E-state index is 11.0. The summed E-state index contributed by atoms with van der Waals surface area (Å²) in [6.45, 7) is 9.51. The molecule has 0 bridgehead atoms. The van der Waals surface area contributed by atoms with Crippen LogP contribution in [0.25, 0.3) is 0 Å². The van der Waals surface area contributed by atoms with Gasteiger partial charge in [0.15, 0.2) is 0 Å². The maximum Gasteiger partial charge on any atom is 0.273 e. The van der Waals surface area contributed by atoms with Crippen LogP contribution >= 0.6 is 0 Å². The van der Waals surface area contributed by atoms with Gasteiger partial charge in [0.05, 0.1) is 16.7 Å². The number of benzene rings is 1. The van der Waals surface area contributed by atoms with Crippen molar-refractivity contribution in [2.24, 2.45) is 5.41 Å². The summed E-state index contributed by atoms with van der Waals surface area (Å²) >= 11 is 0. The van der Waals surface area contributed by atoms with Gasteiger partial charge in [-0.3, -0.25) is 10.1 Å². The van der Waals surface area contributed by atoms with Crippen molar-refractivity contribution in [3.05, 3.63) is 28.3 Å². The lowest BCUT2D eigenvalue weighted by molar-refractivity contribution is -0.384. The minimum atomic E-state index is -0.673. The number of aliphatic hydroxyl groups excluding tert-OH is 1. The molecule has 1 saturated heterocycles. The number of rotatable bonds is 8. The molecule has 1 aromatic carbocycles. The molecule has 7 heteroatoms. The number of non-ortho nitro benzene ring substituents is 1. The van der Waals surface area contributed by atoms with E-state index in [0.29, 0.717) is 12.3 Å². The van der Waals surface area contributed by atoms with E-state index in [9.17, 15) is 15.2 Å².